The Kier molecular flexibility index (Phi) is 5.08. The molecule has 2 aromatic carbocycles. The second kappa shape index (κ2) is 6.83. The molecule has 2 rings (SSSR count). The van der Waals surface area contributed by atoms with Gasteiger partial charge in [-0.25, -0.2) is 8.42 Å². The molecule has 0 unspecified atom stereocenters. The predicted molar refractivity (Wildman–Crippen MR) is 89.0 cm³/mol. The lowest BCUT2D eigenvalue weighted by atomic mass is 9.99. The van der Waals surface area contributed by atoms with Gasteiger partial charge in [-0.15, -0.1) is 0 Å². The summed E-state index contributed by atoms with van der Waals surface area (Å²) in [5, 5.41) is 0. The van der Waals surface area contributed by atoms with Crippen molar-refractivity contribution < 1.29 is 13.2 Å². The number of nitrogens with one attached hydrogen (secondary N) is 1. The molecule has 2 aromatic rings. The molecule has 0 heterocycles. The SMILES string of the molecule is CC[C@@H](C)c1ccc(S(=O)(=O)Nc2ccc(OC)cc2)cc1. The van der Waals surface area contributed by atoms with Crippen molar-refractivity contribution in [2.75, 3.05) is 11.8 Å². The number of sulfonamides is 1. The van der Waals surface area contributed by atoms with Crippen molar-refractivity contribution in [3.63, 3.8) is 0 Å². The van der Waals surface area contributed by atoms with Gasteiger partial charge in [-0.05, 0) is 54.3 Å². The number of ether oxygens (including phenoxy) is 1. The normalized spacial score (nSPS) is 12.7. The van der Waals surface area contributed by atoms with Gasteiger partial charge in [0.1, 0.15) is 5.75 Å². The lowest BCUT2D eigenvalue weighted by molar-refractivity contribution is 0.415. The maximum atomic E-state index is 12.4. The third-order valence-corrected chi connectivity index (χ3v) is 5.11. The fourth-order valence-corrected chi connectivity index (χ4v) is 3.14. The van der Waals surface area contributed by atoms with E-state index in [9.17, 15) is 8.42 Å². The van der Waals surface area contributed by atoms with Crippen LogP contribution in [0.25, 0.3) is 0 Å². The summed E-state index contributed by atoms with van der Waals surface area (Å²) in [6, 6.07) is 13.8. The molecule has 1 N–H and O–H groups in total. The second-order valence-electron chi connectivity index (χ2n) is 5.21. The number of hydrogen-bond donors (Lipinski definition) is 1. The number of rotatable bonds is 6. The Bertz CT molecular complexity index is 707. The Morgan fingerprint density at radius 2 is 1.64 bits per heavy atom. The van der Waals surface area contributed by atoms with Gasteiger partial charge >= 0.3 is 0 Å². The Hall–Kier alpha value is -2.01. The van der Waals surface area contributed by atoms with E-state index >= 15 is 0 Å². The van der Waals surface area contributed by atoms with E-state index in [1.54, 1.807) is 43.5 Å². The summed E-state index contributed by atoms with van der Waals surface area (Å²) in [5.74, 6) is 1.10. The minimum atomic E-state index is -3.57. The summed E-state index contributed by atoms with van der Waals surface area (Å²) >= 11 is 0. The van der Waals surface area contributed by atoms with Crippen molar-refractivity contribution in [2.45, 2.75) is 31.1 Å². The first-order chi connectivity index (χ1) is 10.5. The zero-order valence-electron chi connectivity index (χ0n) is 13.0. The van der Waals surface area contributed by atoms with E-state index in [1.807, 2.05) is 12.1 Å². The van der Waals surface area contributed by atoms with Crippen molar-refractivity contribution in [3.05, 3.63) is 54.1 Å². The fourth-order valence-electron chi connectivity index (χ4n) is 2.08. The van der Waals surface area contributed by atoms with Crippen LogP contribution in [-0.4, -0.2) is 15.5 Å². The monoisotopic (exact) mass is 319 g/mol. The van der Waals surface area contributed by atoms with Crippen LogP contribution >= 0.6 is 0 Å². The van der Waals surface area contributed by atoms with Crippen LogP contribution in [0, 0.1) is 0 Å². The third kappa shape index (κ3) is 3.80. The minimum absolute atomic E-state index is 0.260. The molecule has 5 heteroatoms. The quantitative estimate of drug-likeness (QED) is 0.875. The van der Waals surface area contributed by atoms with Crippen molar-refractivity contribution in [3.8, 4) is 5.75 Å². The smallest absolute Gasteiger partial charge is 0.261 e. The molecule has 0 saturated heterocycles. The highest BCUT2D eigenvalue weighted by Crippen LogP contribution is 2.22. The standard InChI is InChI=1S/C17H21NO3S/c1-4-13(2)14-5-11-17(12-6-14)22(19,20)18-15-7-9-16(21-3)10-8-15/h5-13,18H,4H2,1-3H3/t13-/m1/s1. The van der Waals surface area contributed by atoms with Crippen LogP contribution in [0.4, 0.5) is 5.69 Å². The predicted octanol–water partition coefficient (Wildman–Crippen LogP) is 4.01. The summed E-state index contributed by atoms with van der Waals surface area (Å²) in [7, 11) is -2.01. The highest BCUT2D eigenvalue weighted by atomic mass is 32.2. The van der Waals surface area contributed by atoms with Crippen molar-refractivity contribution in [2.24, 2.45) is 0 Å². The molecule has 0 aliphatic heterocycles. The highest BCUT2D eigenvalue weighted by molar-refractivity contribution is 7.92. The van der Waals surface area contributed by atoms with Crippen LogP contribution in [0.15, 0.2) is 53.4 Å². The maximum Gasteiger partial charge on any atom is 0.261 e. The van der Waals surface area contributed by atoms with Gasteiger partial charge in [0.2, 0.25) is 0 Å². The lowest BCUT2D eigenvalue weighted by Gasteiger charge is -2.11. The summed E-state index contributed by atoms with van der Waals surface area (Å²) in [4.78, 5) is 0.260. The molecule has 0 saturated carbocycles. The summed E-state index contributed by atoms with van der Waals surface area (Å²) in [6.07, 6.45) is 1.02. The third-order valence-electron chi connectivity index (χ3n) is 3.71. The van der Waals surface area contributed by atoms with Gasteiger partial charge in [0.25, 0.3) is 10.0 Å². The van der Waals surface area contributed by atoms with Crippen LogP contribution in [0.3, 0.4) is 0 Å². The van der Waals surface area contributed by atoms with E-state index in [0.717, 1.165) is 12.0 Å². The molecule has 0 spiro atoms. The van der Waals surface area contributed by atoms with E-state index in [0.29, 0.717) is 17.4 Å². The largest absolute Gasteiger partial charge is 0.497 e. The highest BCUT2D eigenvalue weighted by Gasteiger charge is 2.14. The molecule has 4 nitrogen and oxygen atoms in total. The number of benzene rings is 2. The van der Waals surface area contributed by atoms with E-state index < -0.39 is 10.0 Å². The van der Waals surface area contributed by atoms with Gasteiger partial charge in [0, 0.05) is 5.69 Å². The molecule has 0 radical (unpaired) electrons. The van der Waals surface area contributed by atoms with Gasteiger partial charge in [-0.1, -0.05) is 26.0 Å². The first-order valence-electron chi connectivity index (χ1n) is 7.23. The minimum Gasteiger partial charge on any atom is -0.497 e. The van der Waals surface area contributed by atoms with E-state index in [1.165, 1.54) is 0 Å². The summed E-state index contributed by atoms with van der Waals surface area (Å²) in [6.45, 7) is 4.24. The summed E-state index contributed by atoms with van der Waals surface area (Å²) in [5.41, 5.74) is 1.65. The topological polar surface area (TPSA) is 55.4 Å². The van der Waals surface area contributed by atoms with Crippen molar-refractivity contribution in [1.82, 2.24) is 0 Å². The number of methoxy groups -OCH3 is 1. The Morgan fingerprint density at radius 3 is 2.14 bits per heavy atom. The Morgan fingerprint density at radius 1 is 1.05 bits per heavy atom. The first-order valence-corrected chi connectivity index (χ1v) is 8.71. The zero-order valence-corrected chi connectivity index (χ0v) is 13.9. The van der Waals surface area contributed by atoms with Gasteiger partial charge in [-0.2, -0.15) is 0 Å². The molecule has 0 aliphatic carbocycles. The van der Waals surface area contributed by atoms with Crippen molar-refractivity contribution >= 4 is 15.7 Å². The summed E-state index contributed by atoms with van der Waals surface area (Å²) < 4.78 is 32.3. The van der Waals surface area contributed by atoms with Gasteiger partial charge < -0.3 is 4.74 Å². The molecule has 0 bridgehead atoms. The molecule has 0 fully saturated rings. The van der Waals surface area contributed by atoms with Crippen LogP contribution in [-0.2, 0) is 10.0 Å². The Balaban J connectivity index is 2.18. The molecule has 0 aliphatic rings. The molecule has 0 aromatic heterocycles. The van der Waals surface area contributed by atoms with E-state index in [4.69, 9.17) is 4.74 Å². The fraction of sp³-hybridized carbons (Fsp3) is 0.294. The van der Waals surface area contributed by atoms with Crippen LogP contribution in [0.5, 0.6) is 5.75 Å². The average Bonchev–Trinajstić information content (AvgIpc) is 2.54. The zero-order chi connectivity index (χ0) is 16.2. The number of anilines is 1. The van der Waals surface area contributed by atoms with Crippen LogP contribution < -0.4 is 9.46 Å². The molecule has 118 valence electrons. The second-order valence-corrected chi connectivity index (χ2v) is 6.89. The first kappa shape index (κ1) is 16.4. The van der Waals surface area contributed by atoms with Crippen LogP contribution in [0.2, 0.25) is 0 Å². The number of hydrogen-bond acceptors (Lipinski definition) is 3. The van der Waals surface area contributed by atoms with Gasteiger partial charge in [0.05, 0.1) is 12.0 Å². The van der Waals surface area contributed by atoms with Crippen LogP contribution in [0.1, 0.15) is 31.7 Å². The van der Waals surface area contributed by atoms with E-state index in [-0.39, 0.29) is 4.90 Å². The molecule has 1 atom stereocenters. The van der Waals surface area contributed by atoms with Crippen molar-refractivity contribution in [1.29, 1.82) is 0 Å². The van der Waals surface area contributed by atoms with E-state index in [2.05, 4.69) is 18.6 Å². The lowest BCUT2D eigenvalue weighted by Crippen LogP contribution is -2.13. The average molecular weight is 319 g/mol. The molecule has 22 heavy (non-hydrogen) atoms. The van der Waals surface area contributed by atoms with Gasteiger partial charge in [-0.3, -0.25) is 4.72 Å². The molecule has 0 amide bonds. The molecular weight excluding hydrogens is 298 g/mol. The Labute approximate surface area is 132 Å². The molecular formula is C17H21NO3S. The maximum absolute atomic E-state index is 12.4. The van der Waals surface area contributed by atoms with Gasteiger partial charge in [0.15, 0.2) is 0 Å².